The van der Waals surface area contributed by atoms with Crippen LogP contribution < -0.4 is 5.32 Å². The minimum absolute atomic E-state index is 0.221. The zero-order chi connectivity index (χ0) is 19.5. The number of nitrogens with one attached hydrogen (secondary N) is 1. The Bertz CT molecular complexity index is 880. The third-order valence-electron chi connectivity index (χ3n) is 4.25. The standard InChI is InChI=1S/C20H26N2O3S/c1-14-6-8-18(9-7-14)12-21-19(23)13-22(5)26(24,25)20-16(3)10-15(2)11-17(20)4/h6-11H,12-13H2,1-5H3,(H,21,23). The van der Waals surface area contributed by atoms with E-state index in [-0.39, 0.29) is 17.3 Å². The molecule has 0 aliphatic carbocycles. The molecule has 0 spiro atoms. The van der Waals surface area contributed by atoms with Crippen molar-refractivity contribution in [2.24, 2.45) is 0 Å². The van der Waals surface area contributed by atoms with Crippen LogP contribution in [-0.4, -0.2) is 32.2 Å². The highest BCUT2D eigenvalue weighted by Crippen LogP contribution is 2.24. The molecule has 0 atom stereocenters. The Morgan fingerprint density at radius 1 is 0.962 bits per heavy atom. The lowest BCUT2D eigenvalue weighted by atomic mass is 10.1. The first kappa shape index (κ1) is 20.1. The number of hydrogen-bond acceptors (Lipinski definition) is 3. The average molecular weight is 375 g/mol. The van der Waals surface area contributed by atoms with Gasteiger partial charge in [-0.2, -0.15) is 4.31 Å². The van der Waals surface area contributed by atoms with Gasteiger partial charge in [-0.15, -0.1) is 0 Å². The lowest BCUT2D eigenvalue weighted by molar-refractivity contribution is -0.121. The molecule has 2 aromatic carbocycles. The van der Waals surface area contributed by atoms with Crippen LogP contribution >= 0.6 is 0 Å². The predicted octanol–water partition coefficient (Wildman–Crippen LogP) is 2.86. The SMILES string of the molecule is Cc1ccc(CNC(=O)CN(C)S(=O)(=O)c2c(C)cc(C)cc2C)cc1. The molecule has 0 heterocycles. The van der Waals surface area contributed by atoms with Gasteiger partial charge >= 0.3 is 0 Å². The van der Waals surface area contributed by atoms with Crippen LogP contribution in [0.25, 0.3) is 0 Å². The average Bonchev–Trinajstić information content (AvgIpc) is 2.53. The Hall–Kier alpha value is -2.18. The molecule has 0 fully saturated rings. The van der Waals surface area contributed by atoms with E-state index in [2.05, 4.69) is 5.32 Å². The van der Waals surface area contributed by atoms with Crippen LogP contribution in [0.2, 0.25) is 0 Å². The quantitative estimate of drug-likeness (QED) is 0.845. The van der Waals surface area contributed by atoms with Crippen molar-refractivity contribution >= 4 is 15.9 Å². The first-order chi connectivity index (χ1) is 12.1. The van der Waals surface area contributed by atoms with E-state index in [1.165, 1.54) is 7.05 Å². The fourth-order valence-electron chi connectivity index (χ4n) is 2.98. The molecule has 0 radical (unpaired) electrons. The summed E-state index contributed by atoms with van der Waals surface area (Å²) in [5.74, 6) is -0.334. The number of amides is 1. The molecule has 0 aromatic heterocycles. The third kappa shape index (κ3) is 4.71. The van der Waals surface area contributed by atoms with Gasteiger partial charge in [0.25, 0.3) is 0 Å². The molecule has 26 heavy (non-hydrogen) atoms. The zero-order valence-corrected chi connectivity index (χ0v) is 16.8. The summed E-state index contributed by atoms with van der Waals surface area (Å²) in [6.07, 6.45) is 0. The number of hydrogen-bond donors (Lipinski definition) is 1. The van der Waals surface area contributed by atoms with Gasteiger partial charge in [0.1, 0.15) is 0 Å². The Morgan fingerprint density at radius 2 is 1.50 bits per heavy atom. The summed E-state index contributed by atoms with van der Waals surface area (Å²) in [4.78, 5) is 12.5. The Morgan fingerprint density at radius 3 is 2.04 bits per heavy atom. The van der Waals surface area contributed by atoms with Crippen molar-refractivity contribution in [3.05, 3.63) is 64.2 Å². The van der Waals surface area contributed by atoms with Gasteiger partial charge < -0.3 is 5.32 Å². The molecular formula is C20H26N2O3S. The monoisotopic (exact) mass is 374 g/mol. The fourth-order valence-corrected chi connectivity index (χ4v) is 4.51. The fraction of sp³-hybridized carbons (Fsp3) is 0.350. The van der Waals surface area contributed by atoms with Crippen molar-refractivity contribution < 1.29 is 13.2 Å². The Balaban J connectivity index is 2.07. The Kier molecular flexibility index (Phi) is 6.21. The van der Waals surface area contributed by atoms with Gasteiger partial charge in [0.15, 0.2) is 0 Å². The maximum atomic E-state index is 12.9. The van der Waals surface area contributed by atoms with Crippen molar-refractivity contribution in [2.45, 2.75) is 39.1 Å². The van der Waals surface area contributed by atoms with Crippen molar-refractivity contribution in [1.29, 1.82) is 0 Å². The number of likely N-dealkylation sites (N-methyl/N-ethyl adjacent to an activating group) is 1. The zero-order valence-electron chi connectivity index (χ0n) is 16.0. The minimum Gasteiger partial charge on any atom is -0.351 e. The molecule has 1 N–H and O–H groups in total. The molecule has 140 valence electrons. The number of aryl methyl sites for hydroxylation is 4. The molecule has 2 rings (SSSR count). The van der Waals surface area contributed by atoms with E-state index < -0.39 is 10.0 Å². The number of nitrogens with zero attached hydrogens (tertiary/aromatic N) is 1. The van der Waals surface area contributed by atoms with Crippen LogP contribution in [0.15, 0.2) is 41.3 Å². The summed E-state index contributed by atoms with van der Waals surface area (Å²) in [6, 6.07) is 11.5. The number of benzene rings is 2. The highest BCUT2D eigenvalue weighted by atomic mass is 32.2. The number of carbonyl (C=O) groups excluding carboxylic acids is 1. The molecule has 0 saturated carbocycles. The lowest BCUT2D eigenvalue weighted by Crippen LogP contribution is -2.38. The van der Waals surface area contributed by atoms with Crippen LogP contribution in [0.5, 0.6) is 0 Å². The van der Waals surface area contributed by atoms with Gasteiger partial charge in [-0.25, -0.2) is 8.42 Å². The van der Waals surface area contributed by atoms with E-state index in [4.69, 9.17) is 0 Å². The van der Waals surface area contributed by atoms with Gasteiger partial charge in [0, 0.05) is 13.6 Å². The van der Waals surface area contributed by atoms with E-state index in [1.807, 2.05) is 50.2 Å². The molecule has 6 heteroatoms. The summed E-state index contributed by atoms with van der Waals surface area (Å²) in [7, 11) is -2.30. The molecule has 0 aliphatic rings. The molecule has 0 unspecified atom stereocenters. The van der Waals surface area contributed by atoms with Crippen LogP contribution in [-0.2, 0) is 21.4 Å². The second kappa shape index (κ2) is 8.01. The predicted molar refractivity (Wildman–Crippen MR) is 103 cm³/mol. The van der Waals surface area contributed by atoms with E-state index >= 15 is 0 Å². The Labute approximate surface area is 156 Å². The molecule has 0 bridgehead atoms. The molecule has 5 nitrogen and oxygen atoms in total. The van der Waals surface area contributed by atoms with Crippen molar-refractivity contribution in [3.63, 3.8) is 0 Å². The van der Waals surface area contributed by atoms with Crippen LogP contribution in [0.3, 0.4) is 0 Å². The number of carbonyl (C=O) groups is 1. The molecule has 1 amide bonds. The van der Waals surface area contributed by atoms with E-state index in [9.17, 15) is 13.2 Å². The van der Waals surface area contributed by atoms with Crippen molar-refractivity contribution in [1.82, 2.24) is 9.62 Å². The minimum atomic E-state index is -3.73. The highest BCUT2D eigenvalue weighted by Gasteiger charge is 2.26. The van der Waals surface area contributed by atoms with Crippen LogP contribution in [0.4, 0.5) is 0 Å². The lowest BCUT2D eigenvalue weighted by Gasteiger charge is -2.20. The highest BCUT2D eigenvalue weighted by molar-refractivity contribution is 7.89. The summed E-state index contributed by atoms with van der Waals surface area (Å²) in [5, 5.41) is 2.77. The van der Waals surface area contributed by atoms with Gasteiger partial charge in [-0.05, 0) is 44.4 Å². The second-order valence-corrected chi connectivity index (χ2v) is 8.73. The molecular weight excluding hydrogens is 348 g/mol. The van der Waals surface area contributed by atoms with Gasteiger partial charge in [-0.1, -0.05) is 47.5 Å². The van der Waals surface area contributed by atoms with Crippen LogP contribution in [0.1, 0.15) is 27.8 Å². The maximum Gasteiger partial charge on any atom is 0.243 e. The molecule has 2 aromatic rings. The van der Waals surface area contributed by atoms with Crippen molar-refractivity contribution in [2.75, 3.05) is 13.6 Å². The second-order valence-electron chi connectivity index (χ2n) is 6.75. The maximum absolute atomic E-state index is 12.9. The normalized spacial score (nSPS) is 11.6. The van der Waals surface area contributed by atoms with Crippen LogP contribution in [0, 0.1) is 27.7 Å². The van der Waals surface area contributed by atoms with Crippen molar-refractivity contribution in [3.8, 4) is 0 Å². The number of rotatable bonds is 6. The smallest absolute Gasteiger partial charge is 0.243 e. The third-order valence-corrected chi connectivity index (χ3v) is 6.36. The summed E-state index contributed by atoms with van der Waals surface area (Å²) < 4.78 is 26.9. The largest absolute Gasteiger partial charge is 0.351 e. The molecule has 0 saturated heterocycles. The first-order valence-electron chi connectivity index (χ1n) is 8.47. The topological polar surface area (TPSA) is 66.5 Å². The van der Waals surface area contributed by atoms with E-state index in [0.29, 0.717) is 17.7 Å². The summed E-state index contributed by atoms with van der Waals surface area (Å²) >= 11 is 0. The van der Waals surface area contributed by atoms with Gasteiger partial charge in [0.2, 0.25) is 15.9 Å². The first-order valence-corrected chi connectivity index (χ1v) is 9.91. The molecule has 0 aliphatic heterocycles. The van der Waals surface area contributed by atoms with E-state index in [1.54, 1.807) is 13.8 Å². The van der Waals surface area contributed by atoms with Gasteiger partial charge in [0.05, 0.1) is 11.4 Å². The summed E-state index contributed by atoms with van der Waals surface area (Å²) in [6.45, 7) is 7.63. The van der Waals surface area contributed by atoms with Gasteiger partial charge in [-0.3, -0.25) is 4.79 Å². The van der Waals surface area contributed by atoms with E-state index in [0.717, 1.165) is 21.0 Å². The number of sulfonamides is 1. The summed E-state index contributed by atoms with van der Waals surface area (Å²) in [5.41, 5.74) is 4.51.